The number of pyridine rings is 2. The molecule has 88 valence electrons. The maximum Gasteiger partial charge on any atom is 0.265 e. The van der Waals surface area contributed by atoms with Crippen molar-refractivity contribution in [1.82, 2.24) is 9.55 Å². The van der Waals surface area contributed by atoms with Crippen LogP contribution >= 0.6 is 15.9 Å². The first-order valence-electron chi connectivity index (χ1n) is 5.05. The van der Waals surface area contributed by atoms with Gasteiger partial charge in [0.2, 0.25) is 5.88 Å². The van der Waals surface area contributed by atoms with E-state index < -0.39 is 0 Å². The van der Waals surface area contributed by atoms with Gasteiger partial charge in [-0.05, 0) is 34.1 Å². The first-order chi connectivity index (χ1) is 8.22. The lowest BCUT2D eigenvalue weighted by Crippen LogP contribution is -2.20. The molecule has 2 rings (SSSR count). The third kappa shape index (κ3) is 2.55. The number of methoxy groups -OCH3 is 1. The molecule has 0 aliphatic rings. The van der Waals surface area contributed by atoms with Crippen molar-refractivity contribution < 1.29 is 4.74 Å². The third-order valence-corrected chi connectivity index (χ3v) is 2.96. The molecular formula is C12H11BrN2O2. The van der Waals surface area contributed by atoms with Gasteiger partial charge in [0.15, 0.2) is 0 Å². The van der Waals surface area contributed by atoms with Gasteiger partial charge in [-0.2, -0.15) is 0 Å². The highest BCUT2D eigenvalue weighted by Crippen LogP contribution is 2.14. The Labute approximate surface area is 107 Å². The fraction of sp³-hybridized carbons (Fsp3) is 0.167. The van der Waals surface area contributed by atoms with Crippen LogP contribution in [0.1, 0.15) is 5.56 Å². The van der Waals surface area contributed by atoms with E-state index in [2.05, 4.69) is 20.9 Å². The summed E-state index contributed by atoms with van der Waals surface area (Å²) in [5, 5.41) is 0. The van der Waals surface area contributed by atoms with Gasteiger partial charge >= 0.3 is 0 Å². The quantitative estimate of drug-likeness (QED) is 0.870. The third-order valence-electron chi connectivity index (χ3n) is 2.36. The van der Waals surface area contributed by atoms with Gasteiger partial charge in [-0.15, -0.1) is 0 Å². The summed E-state index contributed by atoms with van der Waals surface area (Å²) < 4.78 is 7.29. The molecule has 0 radical (unpaired) electrons. The minimum absolute atomic E-state index is 0.0709. The molecule has 0 bridgehead atoms. The largest absolute Gasteiger partial charge is 0.481 e. The fourth-order valence-corrected chi connectivity index (χ4v) is 1.92. The fourth-order valence-electron chi connectivity index (χ4n) is 1.54. The molecule has 0 amide bonds. The van der Waals surface area contributed by atoms with Gasteiger partial charge in [0.05, 0.1) is 18.1 Å². The molecule has 0 spiro atoms. The van der Waals surface area contributed by atoms with Gasteiger partial charge in [-0.1, -0.05) is 6.07 Å². The predicted octanol–water partition coefficient (Wildman–Crippen LogP) is 2.06. The Balaban J connectivity index is 2.38. The van der Waals surface area contributed by atoms with E-state index in [0.717, 1.165) is 5.56 Å². The van der Waals surface area contributed by atoms with Crippen LogP contribution in [0.15, 0.2) is 45.9 Å². The van der Waals surface area contributed by atoms with Crippen molar-refractivity contribution in [1.29, 1.82) is 0 Å². The number of hydrogen-bond acceptors (Lipinski definition) is 3. The molecule has 0 aliphatic heterocycles. The van der Waals surface area contributed by atoms with Gasteiger partial charge in [-0.25, -0.2) is 4.98 Å². The smallest absolute Gasteiger partial charge is 0.265 e. The van der Waals surface area contributed by atoms with Crippen LogP contribution < -0.4 is 10.3 Å². The molecule has 5 heteroatoms. The molecule has 0 aromatic carbocycles. The molecule has 4 nitrogen and oxygen atoms in total. The molecule has 0 fully saturated rings. The van der Waals surface area contributed by atoms with E-state index in [1.165, 1.54) is 0 Å². The van der Waals surface area contributed by atoms with Crippen LogP contribution in [0.3, 0.4) is 0 Å². The van der Waals surface area contributed by atoms with Gasteiger partial charge in [-0.3, -0.25) is 4.79 Å². The summed E-state index contributed by atoms with van der Waals surface area (Å²) in [5.74, 6) is 0.541. The van der Waals surface area contributed by atoms with Crippen molar-refractivity contribution in [3.05, 3.63) is 57.0 Å². The van der Waals surface area contributed by atoms with Crippen molar-refractivity contribution in [3.8, 4) is 5.88 Å². The number of ether oxygens (including phenoxy) is 1. The second-order valence-corrected chi connectivity index (χ2v) is 4.32. The zero-order valence-electron chi connectivity index (χ0n) is 9.26. The Morgan fingerprint density at radius 3 is 3.00 bits per heavy atom. The Hall–Kier alpha value is -1.62. The number of rotatable bonds is 3. The minimum Gasteiger partial charge on any atom is -0.481 e. The second-order valence-electron chi connectivity index (χ2n) is 3.46. The minimum atomic E-state index is -0.0709. The monoisotopic (exact) mass is 294 g/mol. The summed E-state index contributed by atoms with van der Waals surface area (Å²) in [6.45, 7) is 0.440. The van der Waals surface area contributed by atoms with E-state index in [1.807, 2.05) is 18.2 Å². The summed E-state index contributed by atoms with van der Waals surface area (Å²) in [6.07, 6.45) is 3.39. The maximum absolute atomic E-state index is 11.8. The van der Waals surface area contributed by atoms with Crippen molar-refractivity contribution in [2.24, 2.45) is 0 Å². The van der Waals surface area contributed by atoms with Crippen molar-refractivity contribution >= 4 is 15.9 Å². The molecule has 2 heterocycles. The average Bonchev–Trinajstić information content (AvgIpc) is 2.35. The van der Waals surface area contributed by atoms with E-state index in [9.17, 15) is 4.79 Å². The van der Waals surface area contributed by atoms with Gasteiger partial charge in [0.25, 0.3) is 5.56 Å². The molecule has 0 saturated heterocycles. The Bertz CT molecular complexity index is 581. The molecule has 0 atom stereocenters. The number of hydrogen-bond donors (Lipinski definition) is 0. The lowest BCUT2D eigenvalue weighted by molar-refractivity contribution is 0.391. The van der Waals surface area contributed by atoms with E-state index in [-0.39, 0.29) is 5.56 Å². The van der Waals surface area contributed by atoms with Crippen molar-refractivity contribution in [3.63, 3.8) is 0 Å². The zero-order chi connectivity index (χ0) is 12.3. The normalized spacial score (nSPS) is 10.2. The SMILES string of the molecule is COc1ncccc1Cn1cccc(Br)c1=O. The van der Waals surface area contributed by atoms with E-state index in [0.29, 0.717) is 16.9 Å². The molecular weight excluding hydrogens is 284 g/mol. The molecule has 17 heavy (non-hydrogen) atoms. The Kier molecular flexibility index (Phi) is 3.58. The summed E-state index contributed by atoms with van der Waals surface area (Å²) in [4.78, 5) is 15.9. The highest BCUT2D eigenvalue weighted by Gasteiger charge is 2.06. The molecule has 0 N–H and O–H groups in total. The predicted molar refractivity (Wildman–Crippen MR) is 68.3 cm³/mol. The summed E-state index contributed by atoms with van der Waals surface area (Å²) in [5.41, 5.74) is 0.800. The molecule has 2 aromatic heterocycles. The van der Waals surface area contributed by atoms with Crippen LogP contribution in [-0.2, 0) is 6.54 Å². The van der Waals surface area contributed by atoms with Crippen LogP contribution in [-0.4, -0.2) is 16.7 Å². The second kappa shape index (κ2) is 5.14. The van der Waals surface area contributed by atoms with E-state index in [4.69, 9.17) is 4.74 Å². The Morgan fingerprint density at radius 2 is 2.24 bits per heavy atom. The summed E-state index contributed by atoms with van der Waals surface area (Å²) in [6, 6.07) is 7.24. The summed E-state index contributed by atoms with van der Waals surface area (Å²) in [7, 11) is 1.56. The van der Waals surface area contributed by atoms with Crippen molar-refractivity contribution in [2.75, 3.05) is 7.11 Å². The number of aromatic nitrogens is 2. The van der Waals surface area contributed by atoms with Crippen LogP contribution in [0.2, 0.25) is 0 Å². The van der Waals surface area contributed by atoms with Crippen LogP contribution in [0, 0.1) is 0 Å². The van der Waals surface area contributed by atoms with Crippen molar-refractivity contribution in [2.45, 2.75) is 6.54 Å². The van der Waals surface area contributed by atoms with E-state index in [1.54, 1.807) is 30.1 Å². The van der Waals surface area contributed by atoms with Gasteiger partial charge < -0.3 is 9.30 Å². The highest BCUT2D eigenvalue weighted by molar-refractivity contribution is 9.10. The first-order valence-corrected chi connectivity index (χ1v) is 5.84. The lowest BCUT2D eigenvalue weighted by atomic mass is 10.2. The lowest BCUT2D eigenvalue weighted by Gasteiger charge is -2.09. The van der Waals surface area contributed by atoms with E-state index >= 15 is 0 Å². The van der Waals surface area contributed by atoms with Crippen LogP contribution in [0.25, 0.3) is 0 Å². The molecule has 0 saturated carbocycles. The maximum atomic E-state index is 11.8. The highest BCUT2D eigenvalue weighted by atomic mass is 79.9. The topological polar surface area (TPSA) is 44.1 Å². The molecule has 0 unspecified atom stereocenters. The van der Waals surface area contributed by atoms with Gasteiger partial charge in [0.1, 0.15) is 0 Å². The number of nitrogens with zero attached hydrogens (tertiary/aromatic N) is 2. The standard InChI is InChI=1S/C12H11BrN2O2/c1-17-11-9(4-2-6-14-11)8-15-7-3-5-10(13)12(15)16/h2-7H,8H2,1H3. The molecule has 0 aliphatic carbocycles. The Morgan fingerprint density at radius 1 is 1.41 bits per heavy atom. The summed E-state index contributed by atoms with van der Waals surface area (Å²) >= 11 is 3.21. The zero-order valence-corrected chi connectivity index (χ0v) is 10.8. The first kappa shape index (κ1) is 11.9. The van der Waals surface area contributed by atoms with Crippen LogP contribution in [0.4, 0.5) is 0 Å². The van der Waals surface area contributed by atoms with Gasteiger partial charge in [0, 0.05) is 18.0 Å². The van der Waals surface area contributed by atoms with Crippen LogP contribution in [0.5, 0.6) is 5.88 Å². The average molecular weight is 295 g/mol. The number of halogens is 1. The molecule has 2 aromatic rings.